The zero-order valence-corrected chi connectivity index (χ0v) is 8.25. The molecule has 0 unspecified atom stereocenters. The summed E-state index contributed by atoms with van der Waals surface area (Å²) < 4.78 is 0. The van der Waals surface area contributed by atoms with Crippen molar-refractivity contribution in [2.75, 3.05) is 13.1 Å². The van der Waals surface area contributed by atoms with Crippen molar-refractivity contribution in [2.24, 2.45) is 5.73 Å². The Balaban J connectivity index is 1.95. The molecule has 0 aliphatic carbocycles. The maximum Gasteiger partial charge on any atom is 0.239 e. The van der Waals surface area contributed by atoms with Crippen LogP contribution in [-0.4, -0.2) is 41.4 Å². The van der Waals surface area contributed by atoms with Gasteiger partial charge in [-0.05, 0) is 13.3 Å². The first-order valence-electron chi connectivity index (χ1n) is 4.88. The van der Waals surface area contributed by atoms with Gasteiger partial charge in [0.1, 0.15) is 0 Å². The fraction of sp³-hybridized carbons (Fsp3) is 0.778. The Bertz CT molecular complexity index is 280. The number of nitrogens with zero attached hydrogens (tertiary/aromatic N) is 1. The number of hydrogen-bond donors (Lipinski definition) is 2. The molecular weight excluding hydrogens is 182 g/mol. The van der Waals surface area contributed by atoms with Gasteiger partial charge < -0.3 is 16.0 Å². The molecule has 0 radical (unpaired) electrons. The van der Waals surface area contributed by atoms with Crippen molar-refractivity contribution in [3.8, 4) is 0 Å². The first kappa shape index (κ1) is 9.45. The van der Waals surface area contributed by atoms with Crippen LogP contribution in [0, 0.1) is 0 Å². The van der Waals surface area contributed by atoms with Gasteiger partial charge in [0, 0.05) is 13.1 Å². The van der Waals surface area contributed by atoms with Gasteiger partial charge in [0.05, 0.1) is 18.0 Å². The second-order valence-corrected chi connectivity index (χ2v) is 4.30. The summed E-state index contributed by atoms with van der Waals surface area (Å²) in [6.45, 7) is 3.02. The van der Waals surface area contributed by atoms with Crippen LogP contribution < -0.4 is 11.1 Å². The molecule has 2 fully saturated rings. The van der Waals surface area contributed by atoms with E-state index in [0.29, 0.717) is 19.5 Å². The van der Waals surface area contributed by atoms with Crippen molar-refractivity contribution in [3.05, 3.63) is 0 Å². The highest BCUT2D eigenvalue weighted by Crippen LogP contribution is 2.31. The van der Waals surface area contributed by atoms with E-state index in [4.69, 9.17) is 5.73 Å². The molecule has 0 aromatic carbocycles. The summed E-state index contributed by atoms with van der Waals surface area (Å²) in [4.78, 5) is 24.1. The molecule has 1 spiro atoms. The molecule has 2 amide bonds. The summed E-state index contributed by atoms with van der Waals surface area (Å²) in [5.74, 6) is 0.0584. The van der Waals surface area contributed by atoms with E-state index in [1.165, 1.54) is 0 Å². The minimum absolute atomic E-state index is 0.0250. The van der Waals surface area contributed by atoms with Gasteiger partial charge in [-0.25, -0.2) is 0 Å². The summed E-state index contributed by atoms with van der Waals surface area (Å²) in [5, 5.41) is 2.87. The number of hydrogen-bond acceptors (Lipinski definition) is 3. The van der Waals surface area contributed by atoms with E-state index < -0.39 is 6.04 Å². The monoisotopic (exact) mass is 197 g/mol. The van der Waals surface area contributed by atoms with Gasteiger partial charge in [0.2, 0.25) is 11.8 Å². The summed E-state index contributed by atoms with van der Waals surface area (Å²) in [7, 11) is 0. The molecule has 0 aromatic heterocycles. The normalized spacial score (nSPS) is 32.7. The fourth-order valence-electron chi connectivity index (χ4n) is 2.18. The van der Waals surface area contributed by atoms with Gasteiger partial charge in [-0.2, -0.15) is 0 Å². The van der Waals surface area contributed by atoms with E-state index in [0.717, 1.165) is 6.42 Å². The lowest BCUT2D eigenvalue weighted by Gasteiger charge is -2.38. The number of carbonyl (C=O) groups is 2. The molecule has 2 heterocycles. The summed E-state index contributed by atoms with van der Waals surface area (Å²) in [6.07, 6.45) is 1.41. The minimum Gasteiger partial charge on any atom is -0.348 e. The summed E-state index contributed by atoms with van der Waals surface area (Å²) in [5.41, 5.74) is 5.39. The zero-order valence-electron chi connectivity index (χ0n) is 8.25. The fourth-order valence-corrected chi connectivity index (χ4v) is 2.18. The lowest BCUT2D eigenvalue weighted by atomic mass is 9.86. The maximum absolute atomic E-state index is 11.5. The molecule has 2 atom stereocenters. The largest absolute Gasteiger partial charge is 0.348 e. The molecule has 2 rings (SSSR count). The molecule has 2 aliphatic heterocycles. The highest BCUT2D eigenvalue weighted by molar-refractivity contribution is 5.86. The number of amides is 2. The van der Waals surface area contributed by atoms with E-state index in [1.54, 1.807) is 11.8 Å². The van der Waals surface area contributed by atoms with Crippen molar-refractivity contribution < 1.29 is 9.59 Å². The minimum atomic E-state index is -0.444. The predicted molar refractivity (Wildman–Crippen MR) is 50.3 cm³/mol. The van der Waals surface area contributed by atoms with Crippen molar-refractivity contribution in [2.45, 2.75) is 31.3 Å². The van der Waals surface area contributed by atoms with Crippen LogP contribution >= 0.6 is 0 Å². The maximum atomic E-state index is 11.5. The molecular formula is C9H15N3O2. The van der Waals surface area contributed by atoms with E-state index in [2.05, 4.69) is 5.32 Å². The Labute approximate surface area is 82.6 Å². The Morgan fingerprint density at radius 1 is 1.71 bits per heavy atom. The molecule has 5 heteroatoms. The Morgan fingerprint density at radius 3 is 2.86 bits per heavy atom. The van der Waals surface area contributed by atoms with Crippen LogP contribution in [0.1, 0.15) is 19.8 Å². The van der Waals surface area contributed by atoms with Gasteiger partial charge >= 0.3 is 0 Å². The number of likely N-dealkylation sites (tertiary alicyclic amines) is 1. The summed E-state index contributed by atoms with van der Waals surface area (Å²) >= 11 is 0. The van der Waals surface area contributed by atoms with Gasteiger partial charge in [0.25, 0.3) is 0 Å². The van der Waals surface area contributed by atoms with Crippen molar-refractivity contribution in [1.82, 2.24) is 10.2 Å². The molecule has 0 bridgehead atoms. The molecule has 78 valence electrons. The quantitative estimate of drug-likeness (QED) is 0.520. The average Bonchev–Trinajstić information content (AvgIpc) is 2.47. The van der Waals surface area contributed by atoms with Crippen molar-refractivity contribution >= 4 is 11.8 Å². The summed E-state index contributed by atoms with van der Waals surface area (Å²) in [6, 6.07) is -0.444. The Morgan fingerprint density at radius 2 is 2.36 bits per heavy atom. The molecule has 0 saturated carbocycles. The number of nitrogens with two attached hydrogens (primary N) is 1. The highest BCUT2D eigenvalue weighted by atomic mass is 16.2. The molecule has 0 aromatic rings. The standard InChI is InChI=1S/C9H15N3O2/c1-6(10)8(14)12-3-2-9(5-12)4-7(13)11-9/h6H,2-5,10H2,1H3,(H,11,13)/t6-,9-/m1/s1. The second kappa shape index (κ2) is 2.95. The van der Waals surface area contributed by atoms with Gasteiger partial charge in [0.15, 0.2) is 0 Å². The molecule has 5 nitrogen and oxygen atoms in total. The first-order valence-corrected chi connectivity index (χ1v) is 4.88. The van der Waals surface area contributed by atoms with Crippen LogP contribution in [0.4, 0.5) is 0 Å². The van der Waals surface area contributed by atoms with Crippen molar-refractivity contribution in [1.29, 1.82) is 0 Å². The van der Waals surface area contributed by atoms with Crippen LogP contribution in [0.2, 0.25) is 0 Å². The third-order valence-corrected chi connectivity index (χ3v) is 2.96. The molecule has 3 N–H and O–H groups in total. The van der Waals surface area contributed by atoms with Crippen LogP contribution in [0.25, 0.3) is 0 Å². The lowest BCUT2D eigenvalue weighted by molar-refractivity contribution is -0.135. The number of rotatable bonds is 1. The molecule has 2 aliphatic rings. The van der Waals surface area contributed by atoms with Gasteiger partial charge in [-0.3, -0.25) is 9.59 Å². The van der Waals surface area contributed by atoms with Crippen LogP contribution in [0.15, 0.2) is 0 Å². The third kappa shape index (κ3) is 1.37. The third-order valence-electron chi connectivity index (χ3n) is 2.96. The zero-order chi connectivity index (χ0) is 10.3. The van der Waals surface area contributed by atoms with Crippen LogP contribution in [0.3, 0.4) is 0 Å². The Kier molecular flexibility index (Phi) is 1.99. The number of carbonyl (C=O) groups excluding carboxylic acids is 2. The molecule has 2 saturated heterocycles. The number of β-lactam (4-membered cyclic amide) rings is 1. The van der Waals surface area contributed by atoms with E-state index >= 15 is 0 Å². The smallest absolute Gasteiger partial charge is 0.239 e. The van der Waals surface area contributed by atoms with Crippen LogP contribution in [0.5, 0.6) is 0 Å². The predicted octanol–water partition coefficient (Wildman–Crippen LogP) is -1.18. The second-order valence-electron chi connectivity index (χ2n) is 4.30. The topological polar surface area (TPSA) is 75.4 Å². The van der Waals surface area contributed by atoms with Gasteiger partial charge in [-0.15, -0.1) is 0 Å². The van der Waals surface area contributed by atoms with Gasteiger partial charge in [-0.1, -0.05) is 0 Å². The average molecular weight is 197 g/mol. The van der Waals surface area contributed by atoms with E-state index in [9.17, 15) is 9.59 Å². The number of nitrogens with one attached hydrogen (secondary N) is 1. The SMILES string of the molecule is C[C@@H](N)C(=O)N1CC[C@@]2(CC(=O)N2)C1. The van der Waals surface area contributed by atoms with E-state index in [-0.39, 0.29) is 17.4 Å². The first-order chi connectivity index (χ1) is 6.52. The lowest BCUT2D eigenvalue weighted by Crippen LogP contribution is -2.62. The highest BCUT2D eigenvalue weighted by Gasteiger charge is 2.48. The molecule has 14 heavy (non-hydrogen) atoms. The Hall–Kier alpha value is -1.10. The van der Waals surface area contributed by atoms with Crippen LogP contribution in [-0.2, 0) is 9.59 Å². The van der Waals surface area contributed by atoms with Crippen molar-refractivity contribution in [3.63, 3.8) is 0 Å². The van der Waals surface area contributed by atoms with E-state index in [1.807, 2.05) is 0 Å².